The number of benzene rings is 1. The van der Waals surface area contributed by atoms with Crippen LogP contribution in [0.25, 0.3) is 15.9 Å². The average molecular weight is 415 g/mol. The van der Waals surface area contributed by atoms with Gasteiger partial charge in [-0.05, 0) is 39.2 Å². The molecule has 0 bridgehead atoms. The van der Waals surface area contributed by atoms with Crippen molar-refractivity contribution in [2.75, 3.05) is 32.1 Å². The second-order valence-corrected chi connectivity index (χ2v) is 7.97. The first-order valence-corrected chi connectivity index (χ1v) is 9.82. The number of carbonyl (C=O) groups excluding carboxylic acids is 1. The van der Waals surface area contributed by atoms with E-state index in [0.717, 1.165) is 17.4 Å². The van der Waals surface area contributed by atoms with Crippen molar-refractivity contribution in [1.29, 1.82) is 0 Å². The number of amides is 1. The quantitative estimate of drug-likeness (QED) is 0.498. The normalized spacial score (nSPS) is 11.7. The summed E-state index contributed by atoms with van der Waals surface area (Å²) >= 11 is 1.09. The second-order valence-electron chi connectivity index (χ2n) is 6.97. The predicted octanol–water partition coefficient (Wildman–Crippen LogP) is 3.74. The van der Waals surface area contributed by atoms with E-state index in [9.17, 15) is 13.6 Å². The van der Waals surface area contributed by atoms with Crippen LogP contribution >= 0.6 is 11.3 Å². The number of fused-ring (bicyclic) bond motifs is 2. The number of aromatic nitrogens is 3. The third kappa shape index (κ3) is 3.58. The van der Waals surface area contributed by atoms with Crippen molar-refractivity contribution in [3.05, 3.63) is 59.6 Å². The number of imidazole rings is 1. The van der Waals surface area contributed by atoms with E-state index in [0.29, 0.717) is 40.0 Å². The number of aryl methyl sites for hydroxylation is 1. The van der Waals surface area contributed by atoms with Crippen LogP contribution in [-0.4, -0.2) is 52.4 Å². The molecule has 0 unspecified atom stereocenters. The molecule has 29 heavy (non-hydrogen) atoms. The number of anilines is 1. The molecule has 0 atom stereocenters. The zero-order valence-corrected chi connectivity index (χ0v) is 17.0. The number of hydrogen-bond acceptors (Lipinski definition) is 5. The minimum absolute atomic E-state index is 0.0592. The average Bonchev–Trinajstić information content (AvgIpc) is 3.21. The molecule has 6 nitrogen and oxygen atoms in total. The Labute approximate surface area is 170 Å². The number of halogens is 2. The molecule has 0 aliphatic heterocycles. The first-order valence-electron chi connectivity index (χ1n) is 9.01. The molecule has 1 aromatic carbocycles. The molecule has 1 amide bonds. The van der Waals surface area contributed by atoms with Crippen LogP contribution in [0.3, 0.4) is 0 Å². The predicted molar refractivity (Wildman–Crippen MR) is 110 cm³/mol. The maximum atomic E-state index is 14.2. The van der Waals surface area contributed by atoms with Gasteiger partial charge >= 0.3 is 0 Å². The monoisotopic (exact) mass is 415 g/mol. The summed E-state index contributed by atoms with van der Waals surface area (Å²) in [7, 11) is 3.80. The van der Waals surface area contributed by atoms with Crippen LogP contribution in [-0.2, 0) is 0 Å². The van der Waals surface area contributed by atoms with Crippen LogP contribution in [0, 0.1) is 18.6 Å². The fourth-order valence-corrected chi connectivity index (χ4v) is 4.17. The Morgan fingerprint density at radius 3 is 2.72 bits per heavy atom. The summed E-state index contributed by atoms with van der Waals surface area (Å²) in [5, 5.41) is 0.321. The molecule has 150 valence electrons. The van der Waals surface area contributed by atoms with Crippen LogP contribution in [0.4, 0.5) is 13.9 Å². The summed E-state index contributed by atoms with van der Waals surface area (Å²) in [6.07, 6.45) is 1.78. The number of likely N-dealkylation sites (N-methyl/N-ethyl adjacent to an activating group) is 1. The van der Waals surface area contributed by atoms with Crippen molar-refractivity contribution in [1.82, 2.24) is 19.3 Å². The van der Waals surface area contributed by atoms with Gasteiger partial charge in [0.15, 0.2) is 10.9 Å². The van der Waals surface area contributed by atoms with Gasteiger partial charge in [-0.2, -0.15) is 0 Å². The van der Waals surface area contributed by atoms with Crippen LogP contribution < -0.4 is 4.90 Å². The third-order valence-corrected chi connectivity index (χ3v) is 5.58. The molecule has 0 aliphatic carbocycles. The summed E-state index contributed by atoms with van der Waals surface area (Å²) in [4.78, 5) is 25.7. The Bertz CT molecular complexity index is 1220. The van der Waals surface area contributed by atoms with Gasteiger partial charge in [-0.1, -0.05) is 17.4 Å². The molecular weight excluding hydrogens is 396 g/mol. The fraction of sp³-hybridized carbons (Fsp3) is 0.250. The van der Waals surface area contributed by atoms with E-state index < -0.39 is 11.6 Å². The molecule has 0 spiro atoms. The first-order chi connectivity index (χ1) is 13.8. The van der Waals surface area contributed by atoms with Crippen LogP contribution in [0.15, 0.2) is 36.5 Å². The smallest absolute Gasteiger partial charge is 0.279 e. The van der Waals surface area contributed by atoms with Crippen LogP contribution in [0.1, 0.15) is 16.2 Å². The zero-order valence-electron chi connectivity index (χ0n) is 16.2. The molecule has 4 rings (SSSR count). The maximum absolute atomic E-state index is 14.2. The van der Waals surface area contributed by atoms with Gasteiger partial charge in [0.25, 0.3) is 5.91 Å². The highest BCUT2D eigenvalue weighted by atomic mass is 32.1. The van der Waals surface area contributed by atoms with E-state index in [1.807, 2.05) is 37.2 Å². The van der Waals surface area contributed by atoms with Gasteiger partial charge in [-0.15, -0.1) is 0 Å². The highest BCUT2D eigenvalue weighted by molar-refractivity contribution is 7.22. The van der Waals surface area contributed by atoms with E-state index in [1.54, 1.807) is 17.5 Å². The molecular formula is C20H19F2N5OS. The minimum atomic E-state index is -0.742. The lowest BCUT2D eigenvalue weighted by Crippen LogP contribution is -2.37. The van der Waals surface area contributed by atoms with Gasteiger partial charge < -0.3 is 4.90 Å². The number of thiazole rings is 1. The molecule has 9 heteroatoms. The summed E-state index contributed by atoms with van der Waals surface area (Å²) in [5.41, 5.74) is 1.74. The minimum Gasteiger partial charge on any atom is -0.308 e. The number of rotatable bonds is 5. The van der Waals surface area contributed by atoms with Crippen molar-refractivity contribution in [2.24, 2.45) is 0 Å². The number of hydrogen-bond donors (Lipinski definition) is 0. The van der Waals surface area contributed by atoms with Crippen molar-refractivity contribution in [2.45, 2.75) is 6.92 Å². The molecule has 0 radical (unpaired) electrons. The highest BCUT2D eigenvalue weighted by Crippen LogP contribution is 2.32. The van der Waals surface area contributed by atoms with Crippen molar-refractivity contribution < 1.29 is 13.6 Å². The lowest BCUT2D eigenvalue weighted by Gasteiger charge is -2.22. The summed E-state index contributed by atoms with van der Waals surface area (Å²) in [5.74, 6) is -1.70. The fourth-order valence-electron chi connectivity index (χ4n) is 3.14. The summed E-state index contributed by atoms with van der Waals surface area (Å²) < 4.78 is 29.9. The van der Waals surface area contributed by atoms with E-state index in [2.05, 4.69) is 9.97 Å². The van der Waals surface area contributed by atoms with Crippen LogP contribution in [0.5, 0.6) is 0 Å². The SMILES string of the molecule is Cc1nc2ccccn2c1C(=O)N(CCN(C)C)c1nc2c(F)cc(F)cc2s1. The van der Waals surface area contributed by atoms with E-state index in [4.69, 9.17) is 0 Å². The van der Waals surface area contributed by atoms with Gasteiger partial charge in [0, 0.05) is 25.4 Å². The second kappa shape index (κ2) is 7.49. The Hall–Kier alpha value is -2.91. The molecule has 4 aromatic rings. The molecule has 3 aromatic heterocycles. The summed E-state index contributed by atoms with van der Waals surface area (Å²) in [6, 6.07) is 7.53. The zero-order chi connectivity index (χ0) is 20.7. The van der Waals surface area contributed by atoms with Gasteiger partial charge in [0.1, 0.15) is 22.7 Å². The van der Waals surface area contributed by atoms with Gasteiger partial charge in [-0.25, -0.2) is 18.7 Å². The van der Waals surface area contributed by atoms with Gasteiger partial charge in [0.2, 0.25) is 0 Å². The van der Waals surface area contributed by atoms with Crippen molar-refractivity contribution in [3.63, 3.8) is 0 Å². The molecule has 0 N–H and O–H groups in total. The first kappa shape index (κ1) is 19.4. The number of nitrogens with zero attached hydrogens (tertiary/aromatic N) is 5. The third-order valence-electron chi connectivity index (χ3n) is 4.56. The molecule has 3 heterocycles. The maximum Gasteiger partial charge on any atom is 0.279 e. The Morgan fingerprint density at radius 2 is 1.97 bits per heavy atom. The van der Waals surface area contributed by atoms with E-state index in [-0.39, 0.29) is 11.4 Å². The molecule has 0 saturated carbocycles. The lowest BCUT2D eigenvalue weighted by atomic mass is 10.3. The van der Waals surface area contributed by atoms with Gasteiger partial charge in [-0.3, -0.25) is 14.1 Å². The highest BCUT2D eigenvalue weighted by Gasteiger charge is 2.26. The van der Waals surface area contributed by atoms with Crippen molar-refractivity contribution in [3.8, 4) is 0 Å². The van der Waals surface area contributed by atoms with Crippen LogP contribution in [0.2, 0.25) is 0 Å². The number of carbonyl (C=O) groups is 1. The van der Waals surface area contributed by atoms with Gasteiger partial charge in [0.05, 0.1) is 10.4 Å². The Morgan fingerprint density at radius 1 is 1.17 bits per heavy atom. The molecule has 0 fully saturated rings. The van der Waals surface area contributed by atoms with E-state index in [1.165, 1.54) is 11.0 Å². The number of pyridine rings is 1. The lowest BCUT2D eigenvalue weighted by molar-refractivity contribution is 0.0979. The summed E-state index contributed by atoms with van der Waals surface area (Å²) in [6.45, 7) is 2.70. The Balaban J connectivity index is 1.82. The standard InChI is InChI=1S/C20H19F2N5OS/c1-12-18(26-7-5-4-6-16(26)23-12)19(28)27(9-8-25(2)3)20-24-17-14(22)10-13(21)11-15(17)29-20/h4-7,10-11H,8-9H2,1-3H3. The van der Waals surface area contributed by atoms with E-state index >= 15 is 0 Å². The van der Waals surface area contributed by atoms with Crippen molar-refractivity contribution >= 4 is 38.2 Å². The largest absolute Gasteiger partial charge is 0.308 e. The topological polar surface area (TPSA) is 53.7 Å². The Kier molecular flexibility index (Phi) is 5.01. The molecule has 0 saturated heterocycles. The molecule has 0 aliphatic rings.